The van der Waals surface area contributed by atoms with E-state index in [-0.39, 0.29) is 0 Å². The summed E-state index contributed by atoms with van der Waals surface area (Å²) in [6.45, 7) is 13.2. The molecule has 0 aliphatic heterocycles. The molecule has 1 atom stereocenters. The van der Waals surface area contributed by atoms with Gasteiger partial charge in [0.25, 0.3) is 0 Å². The zero-order chi connectivity index (χ0) is 7.28. The van der Waals surface area contributed by atoms with Crippen molar-refractivity contribution < 1.29 is 0 Å². The van der Waals surface area contributed by atoms with Crippen LogP contribution in [-0.4, -0.2) is 0 Å². The van der Waals surface area contributed by atoms with Crippen molar-refractivity contribution in [3.63, 3.8) is 0 Å². The monoisotopic (exact) mass is 122 g/mol. The summed E-state index contributed by atoms with van der Waals surface area (Å²) in [5.41, 5.74) is 1.16. The van der Waals surface area contributed by atoms with E-state index in [4.69, 9.17) is 0 Å². The van der Waals surface area contributed by atoms with Crippen LogP contribution in [0.15, 0.2) is 37.5 Å². The molecular weight excluding hydrogens is 108 g/mol. The zero-order valence-electron chi connectivity index (χ0n) is 6.06. The summed E-state index contributed by atoms with van der Waals surface area (Å²) < 4.78 is 0. The molecule has 0 saturated heterocycles. The van der Waals surface area contributed by atoms with Gasteiger partial charge in [0.05, 0.1) is 0 Å². The van der Waals surface area contributed by atoms with Crippen LogP contribution in [0.5, 0.6) is 0 Å². The molecule has 0 aliphatic carbocycles. The molecule has 9 heavy (non-hydrogen) atoms. The second-order valence-electron chi connectivity index (χ2n) is 2.21. The van der Waals surface area contributed by atoms with Crippen LogP contribution >= 0.6 is 0 Å². The summed E-state index contributed by atoms with van der Waals surface area (Å²) >= 11 is 0. The Bertz CT molecular complexity index is 120. The standard InChI is InChI=1S/C9H14/c1-5-7-9(6-2)8(3)4/h5-6,9H,1-3,7H2,4H3. The van der Waals surface area contributed by atoms with Crippen molar-refractivity contribution in [1.29, 1.82) is 0 Å². The topological polar surface area (TPSA) is 0 Å². The first kappa shape index (κ1) is 8.22. The Morgan fingerprint density at radius 3 is 2.22 bits per heavy atom. The summed E-state index contributed by atoms with van der Waals surface area (Å²) in [6.07, 6.45) is 4.75. The largest absolute Gasteiger partial charge is 0.103 e. The minimum absolute atomic E-state index is 0.419. The lowest BCUT2D eigenvalue weighted by Crippen LogP contribution is -1.93. The third-order valence-corrected chi connectivity index (χ3v) is 1.34. The number of hydrogen-bond donors (Lipinski definition) is 0. The van der Waals surface area contributed by atoms with Gasteiger partial charge in [-0.15, -0.1) is 13.2 Å². The summed E-state index contributed by atoms with van der Waals surface area (Å²) in [6, 6.07) is 0. The fourth-order valence-electron chi connectivity index (χ4n) is 0.678. The molecule has 0 heteroatoms. The number of allylic oxidation sites excluding steroid dienone is 3. The quantitative estimate of drug-likeness (QED) is 0.503. The molecule has 0 aromatic rings. The van der Waals surface area contributed by atoms with Crippen LogP contribution < -0.4 is 0 Å². The van der Waals surface area contributed by atoms with E-state index in [1.165, 1.54) is 0 Å². The van der Waals surface area contributed by atoms with E-state index in [0.717, 1.165) is 12.0 Å². The molecule has 0 heterocycles. The van der Waals surface area contributed by atoms with Crippen molar-refractivity contribution in [2.45, 2.75) is 13.3 Å². The molecule has 0 aromatic heterocycles. The Hall–Kier alpha value is -0.780. The second-order valence-corrected chi connectivity index (χ2v) is 2.21. The van der Waals surface area contributed by atoms with Crippen LogP contribution in [0, 0.1) is 5.92 Å². The van der Waals surface area contributed by atoms with E-state index in [1.54, 1.807) is 0 Å². The van der Waals surface area contributed by atoms with E-state index < -0.39 is 0 Å². The summed E-state index contributed by atoms with van der Waals surface area (Å²) in [4.78, 5) is 0. The minimum Gasteiger partial charge on any atom is -0.103 e. The molecule has 0 radical (unpaired) electrons. The Morgan fingerprint density at radius 1 is 1.56 bits per heavy atom. The molecule has 0 nitrogen and oxygen atoms in total. The van der Waals surface area contributed by atoms with Gasteiger partial charge < -0.3 is 0 Å². The predicted octanol–water partition coefficient (Wildman–Crippen LogP) is 2.94. The lowest BCUT2D eigenvalue weighted by molar-refractivity contribution is 0.782. The van der Waals surface area contributed by atoms with Crippen molar-refractivity contribution in [3.8, 4) is 0 Å². The van der Waals surface area contributed by atoms with Crippen molar-refractivity contribution in [2.24, 2.45) is 5.92 Å². The van der Waals surface area contributed by atoms with Crippen LogP contribution in [0.3, 0.4) is 0 Å². The van der Waals surface area contributed by atoms with E-state index in [0.29, 0.717) is 5.92 Å². The fourth-order valence-corrected chi connectivity index (χ4v) is 0.678. The molecule has 0 bridgehead atoms. The highest BCUT2D eigenvalue weighted by Crippen LogP contribution is 2.13. The fraction of sp³-hybridized carbons (Fsp3) is 0.333. The molecule has 0 spiro atoms. The Balaban J connectivity index is 3.81. The zero-order valence-corrected chi connectivity index (χ0v) is 6.06. The molecule has 0 amide bonds. The van der Waals surface area contributed by atoms with E-state index >= 15 is 0 Å². The van der Waals surface area contributed by atoms with Crippen molar-refractivity contribution in [1.82, 2.24) is 0 Å². The van der Waals surface area contributed by atoms with Crippen molar-refractivity contribution in [2.75, 3.05) is 0 Å². The molecule has 0 saturated carbocycles. The summed E-state index contributed by atoms with van der Waals surface area (Å²) in [5, 5.41) is 0. The third-order valence-electron chi connectivity index (χ3n) is 1.34. The first-order chi connectivity index (χ1) is 4.22. The molecule has 0 N–H and O–H groups in total. The Kier molecular flexibility index (Phi) is 3.78. The maximum absolute atomic E-state index is 3.83. The van der Waals surface area contributed by atoms with Crippen LogP contribution in [0.1, 0.15) is 13.3 Å². The highest BCUT2D eigenvalue weighted by Gasteiger charge is 1.99. The normalized spacial score (nSPS) is 12.1. The summed E-state index contributed by atoms with van der Waals surface area (Å²) in [5.74, 6) is 0.419. The highest BCUT2D eigenvalue weighted by atomic mass is 14.0. The van der Waals surface area contributed by atoms with Gasteiger partial charge in [-0.25, -0.2) is 0 Å². The van der Waals surface area contributed by atoms with Crippen molar-refractivity contribution in [3.05, 3.63) is 37.5 Å². The van der Waals surface area contributed by atoms with Crippen molar-refractivity contribution >= 4 is 0 Å². The highest BCUT2D eigenvalue weighted by molar-refractivity contribution is 5.06. The van der Waals surface area contributed by atoms with Gasteiger partial charge in [-0.2, -0.15) is 0 Å². The third kappa shape index (κ3) is 2.91. The predicted molar refractivity (Wildman–Crippen MR) is 43.3 cm³/mol. The van der Waals surface area contributed by atoms with Gasteiger partial charge in [-0.1, -0.05) is 24.3 Å². The maximum atomic E-state index is 3.83. The van der Waals surface area contributed by atoms with E-state index in [1.807, 2.05) is 19.1 Å². The molecule has 0 fully saturated rings. The van der Waals surface area contributed by atoms with Gasteiger partial charge in [0.1, 0.15) is 0 Å². The second kappa shape index (κ2) is 4.13. The Morgan fingerprint density at radius 2 is 2.11 bits per heavy atom. The van der Waals surface area contributed by atoms with Crippen LogP contribution in [0.4, 0.5) is 0 Å². The van der Waals surface area contributed by atoms with Gasteiger partial charge in [0.2, 0.25) is 0 Å². The average molecular weight is 122 g/mol. The molecule has 1 unspecified atom stereocenters. The lowest BCUT2D eigenvalue weighted by Gasteiger charge is -2.07. The molecule has 50 valence electrons. The van der Waals surface area contributed by atoms with E-state index in [2.05, 4.69) is 19.7 Å². The molecule has 0 rings (SSSR count). The first-order valence-corrected chi connectivity index (χ1v) is 3.11. The molecule has 0 aliphatic rings. The SMILES string of the molecule is C=CCC(C=C)C(=C)C. The van der Waals surface area contributed by atoms with Gasteiger partial charge in [0, 0.05) is 5.92 Å². The van der Waals surface area contributed by atoms with Gasteiger partial charge >= 0.3 is 0 Å². The van der Waals surface area contributed by atoms with Crippen LogP contribution in [-0.2, 0) is 0 Å². The number of hydrogen-bond acceptors (Lipinski definition) is 0. The maximum Gasteiger partial charge on any atom is 0.000300 e. The van der Waals surface area contributed by atoms with E-state index in [9.17, 15) is 0 Å². The Labute approximate surface area is 57.6 Å². The molecule has 0 aromatic carbocycles. The molecular formula is C9H14. The lowest BCUT2D eigenvalue weighted by atomic mass is 9.99. The number of rotatable bonds is 4. The first-order valence-electron chi connectivity index (χ1n) is 3.11. The van der Waals surface area contributed by atoms with Crippen LogP contribution in [0.25, 0.3) is 0 Å². The van der Waals surface area contributed by atoms with Gasteiger partial charge in [-0.05, 0) is 13.3 Å². The van der Waals surface area contributed by atoms with Gasteiger partial charge in [0.15, 0.2) is 0 Å². The minimum atomic E-state index is 0.419. The van der Waals surface area contributed by atoms with Crippen LogP contribution in [0.2, 0.25) is 0 Å². The summed E-state index contributed by atoms with van der Waals surface area (Å²) in [7, 11) is 0. The average Bonchev–Trinajstić information content (AvgIpc) is 1.82. The van der Waals surface area contributed by atoms with Gasteiger partial charge in [-0.3, -0.25) is 0 Å². The smallest absolute Gasteiger partial charge is 0.000300 e.